The molecule has 7 heteroatoms. The Labute approximate surface area is 185 Å². The molecular formula is C23H26BrN3O3. The second kappa shape index (κ2) is 9.73. The highest BCUT2D eigenvalue weighted by Crippen LogP contribution is 2.23. The fourth-order valence-electron chi connectivity index (χ4n) is 4.06. The Kier molecular flexibility index (Phi) is 6.82. The van der Waals surface area contributed by atoms with Gasteiger partial charge in [0.15, 0.2) is 5.78 Å². The predicted octanol–water partition coefficient (Wildman–Crippen LogP) is 4.20. The molecule has 2 aliphatic rings. The number of Topliss-reactive ketones (excluding diaryl/α,β-unsaturated/α-hetero) is 1. The van der Waals surface area contributed by atoms with Gasteiger partial charge >= 0.3 is 6.09 Å². The Morgan fingerprint density at radius 3 is 2.57 bits per heavy atom. The number of anilines is 1. The summed E-state index contributed by atoms with van der Waals surface area (Å²) in [6, 6.07) is 13.5. The lowest BCUT2D eigenvalue weighted by Crippen LogP contribution is -2.38. The molecule has 0 unspecified atom stereocenters. The summed E-state index contributed by atoms with van der Waals surface area (Å²) in [6.45, 7) is 4.42. The smallest absolute Gasteiger partial charge is 0.411 e. The molecule has 0 spiro atoms. The molecule has 4 rings (SSSR count). The molecule has 0 atom stereocenters. The van der Waals surface area contributed by atoms with Gasteiger partial charge in [0.1, 0.15) is 6.61 Å². The number of nitrogens with one attached hydrogen (secondary N) is 2. The van der Waals surface area contributed by atoms with Crippen molar-refractivity contribution in [1.82, 2.24) is 10.2 Å². The Balaban J connectivity index is 1.16. The van der Waals surface area contributed by atoms with E-state index in [1.165, 1.54) is 11.1 Å². The van der Waals surface area contributed by atoms with Crippen molar-refractivity contribution in [1.29, 1.82) is 0 Å². The number of carbonyl (C=O) groups is 2. The van der Waals surface area contributed by atoms with E-state index in [0.29, 0.717) is 13.2 Å². The lowest BCUT2D eigenvalue weighted by molar-refractivity contribution is 0.0813. The Hall–Kier alpha value is -2.22. The van der Waals surface area contributed by atoms with Gasteiger partial charge < -0.3 is 10.1 Å². The van der Waals surface area contributed by atoms with Gasteiger partial charge in [-0.2, -0.15) is 0 Å². The van der Waals surface area contributed by atoms with Crippen LogP contribution >= 0.6 is 15.9 Å². The molecule has 0 bridgehead atoms. The van der Waals surface area contributed by atoms with Crippen molar-refractivity contribution in [3.8, 4) is 0 Å². The van der Waals surface area contributed by atoms with Crippen LogP contribution in [0.3, 0.4) is 0 Å². The van der Waals surface area contributed by atoms with Crippen LogP contribution in [0.5, 0.6) is 0 Å². The van der Waals surface area contributed by atoms with Crippen molar-refractivity contribution in [2.24, 2.45) is 5.92 Å². The summed E-state index contributed by atoms with van der Waals surface area (Å²) in [5, 5.41) is 6.09. The molecular weight excluding hydrogens is 446 g/mol. The first-order chi connectivity index (χ1) is 14.6. The van der Waals surface area contributed by atoms with Gasteiger partial charge in [-0.15, -0.1) is 0 Å². The zero-order valence-electron chi connectivity index (χ0n) is 16.8. The number of hydrogen-bond acceptors (Lipinski definition) is 5. The molecule has 2 aliphatic heterocycles. The molecule has 158 valence electrons. The van der Waals surface area contributed by atoms with Gasteiger partial charge in [-0.3, -0.25) is 15.0 Å². The molecule has 0 aromatic heterocycles. The maximum absolute atomic E-state index is 12.6. The SMILES string of the molecule is O=C(Nc1ccc2c(c1)CNC2)OCCN1CCC(C(=O)c2ccc(Br)cc2)CC1. The van der Waals surface area contributed by atoms with Crippen molar-refractivity contribution in [2.75, 3.05) is 31.6 Å². The molecule has 6 nitrogen and oxygen atoms in total. The van der Waals surface area contributed by atoms with E-state index in [0.717, 1.165) is 54.7 Å². The summed E-state index contributed by atoms with van der Waals surface area (Å²) >= 11 is 3.40. The quantitative estimate of drug-likeness (QED) is 0.617. The molecule has 1 amide bonds. The van der Waals surface area contributed by atoms with Crippen LogP contribution in [0.25, 0.3) is 0 Å². The normalized spacial score (nSPS) is 16.8. The summed E-state index contributed by atoms with van der Waals surface area (Å²) in [6.07, 6.45) is 1.25. The zero-order valence-corrected chi connectivity index (χ0v) is 18.4. The van der Waals surface area contributed by atoms with Gasteiger partial charge in [0.2, 0.25) is 0 Å². The number of piperidine rings is 1. The van der Waals surface area contributed by atoms with Gasteiger partial charge in [-0.25, -0.2) is 4.79 Å². The number of halogens is 1. The summed E-state index contributed by atoms with van der Waals surface area (Å²) < 4.78 is 6.32. The third-order valence-corrected chi connectivity index (χ3v) is 6.34. The minimum atomic E-state index is -0.429. The summed E-state index contributed by atoms with van der Waals surface area (Å²) in [7, 11) is 0. The lowest BCUT2D eigenvalue weighted by atomic mass is 9.89. The average Bonchev–Trinajstić information content (AvgIpc) is 3.22. The largest absolute Gasteiger partial charge is 0.448 e. The first-order valence-electron chi connectivity index (χ1n) is 10.4. The molecule has 30 heavy (non-hydrogen) atoms. The van der Waals surface area contributed by atoms with Crippen molar-refractivity contribution < 1.29 is 14.3 Å². The molecule has 2 aromatic carbocycles. The molecule has 0 aliphatic carbocycles. The number of rotatable bonds is 6. The number of benzene rings is 2. The van der Waals surface area contributed by atoms with E-state index >= 15 is 0 Å². The average molecular weight is 472 g/mol. The van der Waals surface area contributed by atoms with E-state index in [1.807, 2.05) is 42.5 Å². The van der Waals surface area contributed by atoms with Crippen LogP contribution in [0.1, 0.15) is 34.3 Å². The first kappa shape index (κ1) is 21.0. The number of fused-ring (bicyclic) bond motifs is 1. The Morgan fingerprint density at radius 1 is 1.07 bits per heavy atom. The second-order valence-corrected chi connectivity index (χ2v) is 8.75. The molecule has 2 aromatic rings. The van der Waals surface area contributed by atoms with Crippen LogP contribution in [-0.2, 0) is 17.8 Å². The van der Waals surface area contributed by atoms with Gasteiger partial charge in [-0.05, 0) is 61.3 Å². The number of ether oxygens (including phenoxy) is 1. The highest BCUT2D eigenvalue weighted by Gasteiger charge is 2.25. The number of amides is 1. The Morgan fingerprint density at radius 2 is 1.80 bits per heavy atom. The Bertz CT molecular complexity index is 908. The third-order valence-electron chi connectivity index (χ3n) is 5.81. The third kappa shape index (κ3) is 5.28. The van der Waals surface area contributed by atoms with Crippen LogP contribution in [0.4, 0.5) is 10.5 Å². The highest BCUT2D eigenvalue weighted by molar-refractivity contribution is 9.10. The van der Waals surface area contributed by atoms with Crippen molar-refractivity contribution in [2.45, 2.75) is 25.9 Å². The van der Waals surface area contributed by atoms with Crippen LogP contribution in [0, 0.1) is 5.92 Å². The summed E-state index contributed by atoms with van der Waals surface area (Å²) in [5.74, 6) is 0.295. The van der Waals surface area contributed by atoms with E-state index in [1.54, 1.807) is 0 Å². The van der Waals surface area contributed by atoms with Gasteiger partial charge in [0.25, 0.3) is 0 Å². The van der Waals surface area contributed by atoms with E-state index in [2.05, 4.69) is 31.5 Å². The number of hydrogen-bond donors (Lipinski definition) is 2. The van der Waals surface area contributed by atoms with Crippen molar-refractivity contribution in [3.05, 3.63) is 63.6 Å². The van der Waals surface area contributed by atoms with E-state index in [4.69, 9.17) is 4.74 Å². The lowest BCUT2D eigenvalue weighted by Gasteiger charge is -2.31. The number of nitrogens with zero attached hydrogens (tertiary/aromatic N) is 1. The van der Waals surface area contributed by atoms with Crippen molar-refractivity contribution in [3.63, 3.8) is 0 Å². The molecule has 2 heterocycles. The maximum Gasteiger partial charge on any atom is 0.411 e. The monoisotopic (exact) mass is 471 g/mol. The fraction of sp³-hybridized carbons (Fsp3) is 0.391. The van der Waals surface area contributed by atoms with Gasteiger partial charge in [-0.1, -0.05) is 34.1 Å². The van der Waals surface area contributed by atoms with E-state index in [-0.39, 0.29) is 11.7 Å². The van der Waals surface area contributed by atoms with E-state index in [9.17, 15) is 9.59 Å². The fourth-order valence-corrected chi connectivity index (χ4v) is 4.33. The number of carbonyl (C=O) groups excluding carboxylic acids is 2. The maximum atomic E-state index is 12.6. The molecule has 0 saturated carbocycles. The highest BCUT2D eigenvalue weighted by atomic mass is 79.9. The van der Waals surface area contributed by atoms with Crippen LogP contribution in [0.15, 0.2) is 46.9 Å². The first-order valence-corrected chi connectivity index (χ1v) is 11.2. The molecule has 1 saturated heterocycles. The molecule has 1 fully saturated rings. The predicted molar refractivity (Wildman–Crippen MR) is 120 cm³/mol. The van der Waals surface area contributed by atoms with Crippen LogP contribution < -0.4 is 10.6 Å². The van der Waals surface area contributed by atoms with Gasteiger partial charge in [0, 0.05) is 41.3 Å². The van der Waals surface area contributed by atoms with E-state index < -0.39 is 6.09 Å². The second-order valence-electron chi connectivity index (χ2n) is 7.84. The molecule has 2 N–H and O–H groups in total. The molecule has 0 radical (unpaired) electrons. The van der Waals surface area contributed by atoms with Crippen molar-refractivity contribution >= 4 is 33.5 Å². The topological polar surface area (TPSA) is 70.7 Å². The summed E-state index contributed by atoms with van der Waals surface area (Å²) in [5.41, 5.74) is 4.03. The van der Waals surface area contributed by atoms with Crippen LogP contribution in [-0.4, -0.2) is 43.0 Å². The van der Waals surface area contributed by atoms with Crippen LogP contribution in [0.2, 0.25) is 0 Å². The zero-order chi connectivity index (χ0) is 20.9. The standard InChI is InChI=1S/C23H26BrN3O3/c24-20-4-1-16(2-5-20)22(28)17-7-9-27(10-8-17)11-12-30-23(29)26-21-6-3-18-14-25-15-19(18)13-21/h1-6,13,17,25H,7-12,14-15H2,(H,26,29). The minimum Gasteiger partial charge on any atom is -0.448 e. The minimum absolute atomic E-state index is 0.0703. The summed E-state index contributed by atoms with van der Waals surface area (Å²) in [4.78, 5) is 27.0. The van der Waals surface area contributed by atoms with Gasteiger partial charge in [0.05, 0.1) is 0 Å². The number of ketones is 1. The number of likely N-dealkylation sites (tertiary alicyclic amines) is 1.